The summed E-state index contributed by atoms with van der Waals surface area (Å²) in [6.07, 6.45) is 4.23. The Labute approximate surface area is 155 Å². The number of hydrogen-bond donors (Lipinski definition) is 0. The fourth-order valence-electron chi connectivity index (χ4n) is 4.19. The van der Waals surface area contributed by atoms with Gasteiger partial charge in [0.1, 0.15) is 5.69 Å². The lowest BCUT2D eigenvalue weighted by Gasteiger charge is -2.41. The van der Waals surface area contributed by atoms with E-state index in [1.165, 1.54) is 17.4 Å². The molecule has 0 radical (unpaired) electrons. The first kappa shape index (κ1) is 17.2. The predicted molar refractivity (Wildman–Crippen MR) is 98.4 cm³/mol. The average Bonchev–Trinajstić information content (AvgIpc) is 3.23. The number of carbonyl (C=O) groups is 2. The number of hydrogen-bond acceptors (Lipinski definition) is 5. The highest BCUT2D eigenvalue weighted by Gasteiger charge is 2.50. The maximum atomic E-state index is 13.1. The Balaban J connectivity index is 1.62. The summed E-state index contributed by atoms with van der Waals surface area (Å²) in [5, 5.41) is 1.80. The van der Waals surface area contributed by atoms with E-state index in [0.29, 0.717) is 30.2 Å². The molecule has 0 aliphatic carbocycles. The Morgan fingerprint density at radius 2 is 2.08 bits per heavy atom. The number of fused-ring (bicyclic) bond motifs is 1. The van der Waals surface area contributed by atoms with Gasteiger partial charge in [-0.15, -0.1) is 11.3 Å². The van der Waals surface area contributed by atoms with E-state index in [2.05, 4.69) is 4.98 Å². The van der Waals surface area contributed by atoms with E-state index in [4.69, 9.17) is 0 Å². The van der Waals surface area contributed by atoms with Crippen LogP contribution in [0.2, 0.25) is 0 Å². The van der Waals surface area contributed by atoms with E-state index in [-0.39, 0.29) is 17.9 Å². The van der Waals surface area contributed by atoms with Crippen LogP contribution in [0.25, 0.3) is 4.96 Å². The van der Waals surface area contributed by atoms with Gasteiger partial charge in [-0.3, -0.25) is 18.8 Å². The Hall–Kier alpha value is -2.22. The lowest BCUT2D eigenvalue weighted by molar-refractivity contribution is -0.147. The van der Waals surface area contributed by atoms with Crippen molar-refractivity contribution >= 4 is 28.1 Å². The molecule has 1 atom stereocenters. The van der Waals surface area contributed by atoms with E-state index >= 15 is 0 Å². The fourth-order valence-corrected chi connectivity index (χ4v) is 4.91. The Bertz CT molecular complexity index is 934. The van der Waals surface area contributed by atoms with Crippen molar-refractivity contribution in [1.29, 1.82) is 0 Å². The number of nitrogens with zero attached hydrogens (tertiary/aromatic N) is 4. The summed E-state index contributed by atoms with van der Waals surface area (Å²) in [6, 6.07) is 1.46. The summed E-state index contributed by atoms with van der Waals surface area (Å²) in [6.45, 7) is 5.83. The molecule has 26 heavy (non-hydrogen) atoms. The molecule has 4 heterocycles. The quantitative estimate of drug-likeness (QED) is 0.801. The van der Waals surface area contributed by atoms with Gasteiger partial charge in [0.2, 0.25) is 5.91 Å². The summed E-state index contributed by atoms with van der Waals surface area (Å²) in [4.78, 5) is 46.1. The molecule has 0 bridgehead atoms. The van der Waals surface area contributed by atoms with Crippen molar-refractivity contribution in [3.8, 4) is 0 Å². The van der Waals surface area contributed by atoms with E-state index in [1.54, 1.807) is 20.9 Å². The Morgan fingerprint density at radius 1 is 1.27 bits per heavy atom. The second kappa shape index (κ2) is 6.19. The van der Waals surface area contributed by atoms with Gasteiger partial charge >= 0.3 is 0 Å². The molecule has 2 saturated heterocycles. The van der Waals surface area contributed by atoms with Crippen LogP contribution in [0, 0.1) is 5.41 Å². The number of carbonyl (C=O) groups excluding carboxylic acids is 2. The van der Waals surface area contributed by atoms with Crippen LogP contribution in [0.4, 0.5) is 0 Å². The highest BCUT2D eigenvalue weighted by Crippen LogP contribution is 2.41. The second-order valence-corrected chi connectivity index (χ2v) is 8.36. The molecular formula is C18H22N4O3S. The number of thiazole rings is 1. The molecule has 2 aliphatic rings. The molecule has 0 N–H and O–H groups in total. The van der Waals surface area contributed by atoms with Gasteiger partial charge < -0.3 is 9.80 Å². The number of likely N-dealkylation sites (tertiary alicyclic amines) is 2. The third-order valence-corrected chi connectivity index (χ3v) is 6.32. The molecule has 138 valence electrons. The van der Waals surface area contributed by atoms with E-state index in [1.807, 2.05) is 18.7 Å². The number of amides is 2. The van der Waals surface area contributed by atoms with Gasteiger partial charge in [-0.25, -0.2) is 0 Å². The molecule has 1 spiro atoms. The van der Waals surface area contributed by atoms with Crippen LogP contribution in [-0.2, 0) is 4.79 Å². The first-order valence-electron chi connectivity index (χ1n) is 8.98. The van der Waals surface area contributed by atoms with Crippen molar-refractivity contribution in [3.63, 3.8) is 0 Å². The molecule has 2 aromatic heterocycles. The van der Waals surface area contributed by atoms with Gasteiger partial charge in [0.25, 0.3) is 11.5 Å². The van der Waals surface area contributed by atoms with E-state index < -0.39 is 11.0 Å². The third kappa shape index (κ3) is 2.63. The lowest BCUT2D eigenvalue weighted by Crippen LogP contribution is -2.52. The molecular weight excluding hydrogens is 352 g/mol. The van der Waals surface area contributed by atoms with Gasteiger partial charge in [0.05, 0.1) is 5.41 Å². The average molecular weight is 374 g/mol. The van der Waals surface area contributed by atoms with Gasteiger partial charge in [-0.1, -0.05) is 0 Å². The zero-order chi connectivity index (χ0) is 18.5. The maximum Gasteiger partial charge on any atom is 0.274 e. The predicted octanol–water partition coefficient (Wildman–Crippen LogP) is 1.62. The topological polar surface area (TPSA) is 75.0 Å². The van der Waals surface area contributed by atoms with Crippen molar-refractivity contribution in [2.24, 2.45) is 5.41 Å². The minimum absolute atomic E-state index is 0.168. The van der Waals surface area contributed by atoms with Gasteiger partial charge in [0.15, 0.2) is 4.96 Å². The van der Waals surface area contributed by atoms with Gasteiger partial charge in [-0.05, 0) is 33.1 Å². The van der Waals surface area contributed by atoms with Gasteiger partial charge in [0, 0.05) is 43.3 Å². The molecule has 2 amide bonds. The smallest absolute Gasteiger partial charge is 0.274 e. The molecule has 7 nitrogen and oxygen atoms in total. The van der Waals surface area contributed by atoms with Crippen LogP contribution in [-0.4, -0.2) is 56.7 Å². The van der Waals surface area contributed by atoms with Crippen molar-refractivity contribution in [3.05, 3.63) is 33.7 Å². The van der Waals surface area contributed by atoms with Crippen molar-refractivity contribution in [2.45, 2.75) is 39.2 Å². The minimum atomic E-state index is -0.468. The number of rotatable bonds is 2. The molecule has 0 unspecified atom stereocenters. The third-order valence-electron chi connectivity index (χ3n) is 5.57. The normalized spacial score (nSPS) is 23.6. The van der Waals surface area contributed by atoms with Gasteiger partial charge in [-0.2, -0.15) is 4.98 Å². The fraction of sp³-hybridized carbons (Fsp3) is 0.556. The second-order valence-electron chi connectivity index (χ2n) is 7.49. The number of piperidine rings is 1. The molecule has 2 aliphatic heterocycles. The summed E-state index contributed by atoms with van der Waals surface area (Å²) in [5.74, 6) is -0.0362. The van der Waals surface area contributed by atoms with Crippen molar-refractivity contribution in [2.75, 3.05) is 19.6 Å². The van der Waals surface area contributed by atoms with Crippen LogP contribution >= 0.6 is 11.3 Å². The summed E-state index contributed by atoms with van der Waals surface area (Å²) >= 11 is 1.32. The lowest BCUT2D eigenvalue weighted by atomic mass is 9.78. The zero-order valence-corrected chi connectivity index (χ0v) is 15.8. The molecule has 8 heteroatoms. The highest BCUT2D eigenvalue weighted by molar-refractivity contribution is 7.15. The van der Waals surface area contributed by atoms with Crippen LogP contribution in [0.15, 0.2) is 22.4 Å². The Kier molecular flexibility index (Phi) is 4.10. The minimum Gasteiger partial charge on any atom is -0.340 e. The zero-order valence-electron chi connectivity index (χ0n) is 15.0. The molecule has 2 aromatic rings. The monoisotopic (exact) mass is 374 g/mol. The first-order chi connectivity index (χ1) is 12.4. The number of aromatic nitrogens is 2. The maximum absolute atomic E-state index is 13.1. The molecule has 0 saturated carbocycles. The molecule has 4 rings (SSSR count). The SMILES string of the molecule is CC(C)N1CCC[C@]2(CCN(C(=O)c3cc(=O)nc4sccn34)C2)C1=O. The summed E-state index contributed by atoms with van der Waals surface area (Å²) in [7, 11) is 0. The first-order valence-corrected chi connectivity index (χ1v) is 9.86. The van der Waals surface area contributed by atoms with Crippen LogP contribution in [0.3, 0.4) is 0 Å². The Morgan fingerprint density at radius 3 is 2.85 bits per heavy atom. The molecule has 0 aromatic carbocycles. The van der Waals surface area contributed by atoms with Crippen LogP contribution in [0.5, 0.6) is 0 Å². The van der Waals surface area contributed by atoms with Crippen molar-refractivity contribution < 1.29 is 9.59 Å². The summed E-state index contributed by atoms with van der Waals surface area (Å²) < 4.78 is 1.66. The molecule has 2 fully saturated rings. The van der Waals surface area contributed by atoms with E-state index in [9.17, 15) is 14.4 Å². The summed E-state index contributed by atoms with van der Waals surface area (Å²) in [5.41, 5.74) is -0.559. The standard InChI is InChI=1S/C18H22N4O3S/c1-12(2)21-6-3-4-18(16(21)25)5-7-20(11-18)15(24)13-10-14(23)19-17-22(13)8-9-26-17/h8-10,12H,3-7,11H2,1-2H3/t18-/m1/s1. The van der Waals surface area contributed by atoms with Crippen molar-refractivity contribution in [1.82, 2.24) is 19.2 Å². The van der Waals surface area contributed by atoms with Crippen LogP contribution in [0.1, 0.15) is 43.6 Å². The largest absolute Gasteiger partial charge is 0.340 e. The van der Waals surface area contributed by atoms with Crippen LogP contribution < -0.4 is 5.56 Å². The van der Waals surface area contributed by atoms with E-state index in [0.717, 1.165) is 19.4 Å². The highest BCUT2D eigenvalue weighted by atomic mass is 32.1.